The number of hydrogen-bond acceptors (Lipinski definition) is 11. The van der Waals surface area contributed by atoms with Gasteiger partial charge in [-0.15, -0.1) is 0 Å². The molecule has 0 saturated heterocycles. The summed E-state index contributed by atoms with van der Waals surface area (Å²) in [6, 6.07) is 0. The zero-order valence-corrected chi connectivity index (χ0v) is 34.2. The van der Waals surface area contributed by atoms with Crippen LogP contribution in [0.1, 0.15) is 143 Å². The summed E-state index contributed by atoms with van der Waals surface area (Å²) in [5.74, 6) is -0.382. The van der Waals surface area contributed by atoms with Crippen molar-refractivity contribution in [3.63, 3.8) is 0 Å². The molecule has 0 rings (SSSR count). The van der Waals surface area contributed by atoms with Crippen molar-refractivity contribution >= 4 is 19.8 Å². The van der Waals surface area contributed by atoms with Crippen LogP contribution in [0.5, 0.6) is 0 Å². The van der Waals surface area contributed by atoms with E-state index < -0.39 is 70.6 Å². The maximum Gasteiger partial charge on any atom is 0.472 e. The lowest BCUT2D eigenvalue weighted by atomic mass is 9.99. The summed E-state index contributed by atoms with van der Waals surface area (Å²) in [6.07, 6.45) is 27.2. The molecule has 0 aromatic carbocycles. The van der Waals surface area contributed by atoms with Crippen LogP contribution in [0, 0.1) is 5.92 Å². The number of phosphoric acid groups is 1. The maximum absolute atomic E-state index is 12.6. The van der Waals surface area contributed by atoms with E-state index in [0.29, 0.717) is 25.7 Å². The van der Waals surface area contributed by atoms with E-state index in [4.69, 9.17) is 19.1 Å². The summed E-state index contributed by atoms with van der Waals surface area (Å²) >= 11 is 0. The quantitative estimate of drug-likeness (QED) is 0.0136. The van der Waals surface area contributed by atoms with E-state index in [9.17, 15) is 34.4 Å². The van der Waals surface area contributed by atoms with Crippen molar-refractivity contribution in [3.8, 4) is 0 Å². The topological polar surface area (TPSA) is 189 Å². The number of ether oxygens (including phenoxy) is 2. The van der Waals surface area contributed by atoms with Gasteiger partial charge in [0.25, 0.3) is 0 Å². The molecule has 0 aliphatic rings. The first kappa shape index (κ1) is 51.9. The molecular formula is C41H73O12P. The molecule has 5 N–H and O–H groups in total. The molecule has 0 aliphatic carbocycles. The highest BCUT2D eigenvalue weighted by Crippen LogP contribution is 2.43. The third kappa shape index (κ3) is 34.3. The van der Waals surface area contributed by atoms with Crippen LogP contribution in [0.3, 0.4) is 0 Å². The second kappa shape index (κ2) is 35.3. The monoisotopic (exact) mass is 788 g/mol. The molecule has 54 heavy (non-hydrogen) atoms. The minimum absolute atomic E-state index is 0.0194. The predicted molar refractivity (Wildman–Crippen MR) is 212 cm³/mol. The highest BCUT2D eigenvalue weighted by molar-refractivity contribution is 7.47. The van der Waals surface area contributed by atoms with E-state index in [0.717, 1.165) is 38.0 Å². The summed E-state index contributed by atoms with van der Waals surface area (Å²) in [5.41, 5.74) is 0. The van der Waals surface area contributed by atoms with Crippen molar-refractivity contribution in [3.05, 3.63) is 48.6 Å². The van der Waals surface area contributed by atoms with Crippen molar-refractivity contribution in [2.24, 2.45) is 5.92 Å². The number of phosphoric ester groups is 1. The van der Waals surface area contributed by atoms with Gasteiger partial charge in [0.1, 0.15) is 12.7 Å². The van der Waals surface area contributed by atoms with Crippen LogP contribution in [-0.4, -0.2) is 88.1 Å². The van der Waals surface area contributed by atoms with Gasteiger partial charge in [-0.05, 0) is 44.4 Å². The number of aliphatic hydroxyl groups is 4. The number of unbranched alkanes of at least 4 members (excludes halogenated alkanes) is 10. The van der Waals surface area contributed by atoms with E-state index in [2.05, 4.69) is 31.4 Å². The summed E-state index contributed by atoms with van der Waals surface area (Å²) in [4.78, 5) is 34.9. The standard InChI is InChI=1S/C41H73O12P/c1-4-6-7-8-14-19-25-36(43)26-20-16-17-21-27-37(44)28-23-30-40(46)50-33-39(34-52-54(48,49)51-32-38(45)31-42)53-41(47)29-22-15-12-10-9-11-13-18-24-35(3)5-2/h14,16-17,19-21,26-27,35-39,42-45H,4-13,15,18,22-25,28-34H2,1-3H3,(H,48,49)/b17-16+,19-14-,26-20+,27-21-/t35?,36-,37-,38+,39-/m1/s1. The van der Waals surface area contributed by atoms with Crippen LogP contribution in [0.2, 0.25) is 0 Å². The van der Waals surface area contributed by atoms with Crippen LogP contribution in [0.15, 0.2) is 48.6 Å². The van der Waals surface area contributed by atoms with Gasteiger partial charge in [0.15, 0.2) is 6.10 Å². The van der Waals surface area contributed by atoms with Gasteiger partial charge in [-0.25, -0.2) is 4.57 Å². The Morgan fingerprint density at radius 1 is 0.685 bits per heavy atom. The lowest BCUT2D eigenvalue weighted by Gasteiger charge is -2.20. The second-order valence-electron chi connectivity index (χ2n) is 14.0. The molecule has 0 bridgehead atoms. The molecule has 0 aliphatic heterocycles. The molecule has 0 spiro atoms. The first-order chi connectivity index (χ1) is 25.9. The van der Waals surface area contributed by atoms with Crippen LogP contribution >= 0.6 is 7.82 Å². The predicted octanol–water partition coefficient (Wildman–Crippen LogP) is 7.96. The molecule has 2 unspecified atom stereocenters. The van der Waals surface area contributed by atoms with Gasteiger partial charge in [0, 0.05) is 12.8 Å². The summed E-state index contributed by atoms with van der Waals surface area (Å²) < 4.78 is 32.4. The Bertz CT molecular complexity index is 1090. The van der Waals surface area contributed by atoms with Gasteiger partial charge in [0.2, 0.25) is 0 Å². The molecule has 12 nitrogen and oxygen atoms in total. The normalized spacial score (nSPS) is 16.2. The maximum atomic E-state index is 12.6. The Balaban J connectivity index is 4.62. The number of carbonyl (C=O) groups excluding carboxylic acids is 2. The average Bonchev–Trinajstić information content (AvgIpc) is 3.15. The van der Waals surface area contributed by atoms with Crippen LogP contribution in [0.25, 0.3) is 0 Å². The molecule has 0 aromatic heterocycles. The van der Waals surface area contributed by atoms with Crippen molar-refractivity contribution in [2.75, 3.05) is 26.4 Å². The van der Waals surface area contributed by atoms with Gasteiger partial charge in [-0.2, -0.15) is 0 Å². The number of esters is 2. The third-order valence-electron chi connectivity index (χ3n) is 8.72. The molecule has 0 fully saturated rings. The zero-order chi connectivity index (χ0) is 40.3. The molecule has 13 heteroatoms. The Hall–Kier alpha value is -2.15. The van der Waals surface area contributed by atoms with Crippen molar-refractivity contribution < 1.29 is 58.0 Å². The third-order valence-corrected chi connectivity index (χ3v) is 9.67. The molecular weight excluding hydrogens is 715 g/mol. The SMILES string of the molecule is CCCCC/C=C\C[C@@H](O)/C=C/C=C/C=C\[C@@H](O)CCCC(=O)OC[C@H](COP(=O)(O)OC[C@@H](O)CO)OC(=O)CCCCCCCCCCC(C)CC. The zero-order valence-electron chi connectivity index (χ0n) is 33.3. The first-order valence-corrected chi connectivity index (χ1v) is 21.7. The largest absolute Gasteiger partial charge is 0.472 e. The fourth-order valence-electron chi connectivity index (χ4n) is 5.10. The lowest BCUT2D eigenvalue weighted by molar-refractivity contribution is -0.161. The van der Waals surface area contributed by atoms with E-state index in [1.165, 1.54) is 51.4 Å². The Kier molecular flexibility index (Phi) is 33.9. The van der Waals surface area contributed by atoms with Crippen LogP contribution in [-0.2, 0) is 32.7 Å². The van der Waals surface area contributed by atoms with E-state index in [-0.39, 0.29) is 12.8 Å². The van der Waals surface area contributed by atoms with Crippen LogP contribution in [0.4, 0.5) is 0 Å². The number of allylic oxidation sites excluding steroid dienone is 5. The Morgan fingerprint density at radius 3 is 1.94 bits per heavy atom. The van der Waals surface area contributed by atoms with Gasteiger partial charge >= 0.3 is 19.8 Å². The number of rotatable bonds is 36. The van der Waals surface area contributed by atoms with Crippen molar-refractivity contribution in [1.82, 2.24) is 0 Å². The molecule has 0 aromatic rings. The molecule has 6 atom stereocenters. The van der Waals surface area contributed by atoms with E-state index >= 15 is 0 Å². The molecule has 0 amide bonds. The second-order valence-corrected chi connectivity index (χ2v) is 15.4. The van der Waals surface area contributed by atoms with Crippen molar-refractivity contribution in [1.29, 1.82) is 0 Å². The summed E-state index contributed by atoms with van der Waals surface area (Å²) in [7, 11) is -4.67. The number of aliphatic hydroxyl groups excluding tert-OH is 4. The Labute approximate surface area is 325 Å². The van der Waals surface area contributed by atoms with Crippen LogP contribution < -0.4 is 0 Å². The molecule has 0 radical (unpaired) electrons. The van der Waals surface area contributed by atoms with Crippen molar-refractivity contribution in [2.45, 2.75) is 167 Å². The first-order valence-electron chi connectivity index (χ1n) is 20.2. The highest BCUT2D eigenvalue weighted by atomic mass is 31.2. The number of carbonyl (C=O) groups is 2. The van der Waals surface area contributed by atoms with E-state index in [1.807, 2.05) is 6.08 Å². The van der Waals surface area contributed by atoms with Gasteiger partial charge in [0.05, 0.1) is 32.0 Å². The van der Waals surface area contributed by atoms with Gasteiger partial charge in [-0.1, -0.05) is 140 Å². The molecule has 314 valence electrons. The average molecular weight is 789 g/mol. The van der Waals surface area contributed by atoms with E-state index in [1.54, 1.807) is 36.5 Å². The molecule has 0 saturated carbocycles. The smallest absolute Gasteiger partial charge is 0.462 e. The Morgan fingerprint density at radius 2 is 1.30 bits per heavy atom. The lowest BCUT2D eigenvalue weighted by Crippen LogP contribution is -2.30. The fraction of sp³-hybridized carbons (Fsp3) is 0.756. The fourth-order valence-corrected chi connectivity index (χ4v) is 5.89. The minimum Gasteiger partial charge on any atom is -0.462 e. The number of hydrogen-bond donors (Lipinski definition) is 5. The highest BCUT2D eigenvalue weighted by Gasteiger charge is 2.27. The van der Waals surface area contributed by atoms with Gasteiger partial charge < -0.3 is 34.8 Å². The summed E-state index contributed by atoms with van der Waals surface area (Å²) in [5, 5.41) is 38.5. The van der Waals surface area contributed by atoms with Gasteiger partial charge in [-0.3, -0.25) is 18.6 Å². The minimum atomic E-state index is -4.67. The molecule has 0 heterocycles. The summed E-state index contributed by atoms with van der Waals surface area (Å²) in [6.45, 7) is 4.31.